The van der Waals surface area contributed by atoms with Gasteiger partial charge in [0.1, 0.15) is 17.9 Å². The summed E-state index contributed by atoms with van der Waals surface area (Å²) in [6, 6.07) is 10.4. The molecule has 0 spiro atoms. The molecule has 2 aliphatic heterocycles. The molecule has 0 radical (unpaired) electrons. The van der Waals surface area contributed by atoms with E-state index in [1.165, 1.54) is 29.2 Å². The van der Waals surface area contributed by atoms with Crippen molar-refractivity contribution in [1.82, 2.24) is 15.5 Å². The maximum Gasteiger partial charge on any atom is 0.319 e. The molecular formula is C21H20ClFN4O3. The Labute approximate surface area is 177 Å². The number of rotatable bonds is 4. The van der Waals surface area contributed by atoms with E-state index in [0.29, 0.717) is 23.6 Å². The number of amides is 4. The lowest BCUT2D eigenvalue weighted by Crippen LogP contribution is -2.61. The van der Waals surface area contributed by atoms with Gasteiger partial charge in [0.05, 0.1) is 6.04 Å². The van der Waals surface area contributed by atoms with Gasteiger partial charge < -0.3 is 20.9 Å². The van der Waals surface area contributed by atoms with E-state index in [9.17, 15) is 18.8 Å². The van der Waals surface area contributed by atoms with Crippen LogP contribution in [0.1, 0.15) is 12.0 Å². The van der Waals surface area contributed by atoms with Crippen molar-refractivity contribution in [3.8, 4) is 0 Å². The Morgan fingerprint density at radius 2 is 1.83 bits per heavy atom. The molecule has 30 heavy (non-hydrogen) atoms. The number of anilines is 1. The van der Waals surface area contributed by atoms with Crippen LogP contribution < -0.4 is 16.0 Å². The molecule has 0 saturated carbocycles. The van der Waals surface area contributed by atoms with E-state index in [1.54, 1.807) is 12.1 Å². The van der Waals surface area contributed by atoms with Gasteiger partial charge in [-0.05, 0) is 48.4 Å². The molecule has 2 aromatic carbocycles. The second kappa shape index (κ2) is 8.31. The van der Waals surface area contributed by atoms with Crippen LogP contribution in [0.5, 0.6) is 0 Å². The van der Waals surface area contributed by atoms with Crippen molar-refractivity contribution in [1.29, 1.82) is 0 Å². The van der Waals surface area contributed by atoms with E-state index in [4.69, 9.17) is 11.6 Å². The number of piperazine rings is 1. The SMILES string of the molecule is O=C(Nc1ccc(F)cc1)N[C@H]1C[C@H]2C(=O)N[C@@H](Cc3ccc(Cl)cc3)C(=O)N2C1. The highest BCUT2D eigenvalue weighted by Crippen LogP contribution is 2.24. The standard InChI is InChI=1S/C21H20ClFN4O3/c22-13-3-1-12(2-4-13)9-17-20(29)27-11-16(10-18(27)19(28)26-17)25-21(30)24-15-7-5-14(23)6-8-15/h1-8,16-18H,9-11H2,(H,26,28)(H2,24,25,30)/t16-,17-,18-/m0/s1. The highest BCUT2D eigenvalue weighted by atomic mass is 35.5. The summed E-state index contributed by atoms with van der Waals surface area (Å²) in [4.78, 5) is 39.2. The van der Waals surface area contributed by atoms with Crippen LogP contribution in [0.2, 0.25) is 5.02 Å². The van der Waals surface area contributed by atoms with Crippen molar-refractivity contribution in [2.75, 3.05) is 11.9 Å². The molecule has 2 saturated heterocycles. The summed E-state index contributed by atoms with van der Waals surface area (Å²) in [7, 11) is 0. The van der Waals surface area contributed by atoms with Crippen LogP contribution in [0, 0.1) is 5.82 Å². The third-order valence-corrected chi connectivity index (χ3v) is 5.54. The fraction of sp³-hybridized carbons (Fsp3) is 0.286. The predicted octanol–water partition coefficient (Wildman–Crippen LogP) is 2.31. The molecule has 0 bridgehead atoms. The van der Waals surface area contributed by atoms with Crippen LogP contribution in [0.25, 0.3) is 0 Å². The number of hydrogen-bond donors (Lipinski definition) is 3. The molecule has 7 nitrogen and oxygen atoms in total. The number of carbonyl (C=O) groups is 3. The normalized spacial score (nSPS) is 23.0. The summed E-state index contributed by atoms with van der Waals surface area (Å²) in [5.74, 6) is -0.791. The fourth-order valence-corrected chi connectivity index (χ4v) is 3.97. The monoisotopic (exact) mass is 430 g/mol. The zero-order valence-electron chi connectivity index (χ0n) is 15.9. The van der Waals surface area contributed by atoms with Gasteiger partial charge in [-0.1, -0.05) is 23.7 Å². The average molecular weight is 431 g/mol. The Morgan fingerprint density at radius 1 is 1.13 bits per heavy atom. The minimum atomic E-state index is -0.651. The van der Waals surface area contributed by atoms with Crippen molar-refractivity contribution >= 4 is 35.1 Å². The zero-order valence-corrected chi connectivity index (χ0v) is 16.7. The average Bonchev–Trinajstić information content (AvgIpc) is 3.14. The molecule has 0 unspecified atom stereocenters. The lowest BCUT2D eigenvalue weighted by Gasteiger charge is -2.34. The van der Waals surface area contributed by atoms with Crippen LogP contribution in [0.15, 0.2) is 48.5 Å². The molecular weight excluding hydrogens is 411 g/mol. The number of urea groups is 1. The number of nitrogens with one attached hydrogen (secondary N) is 3. The Hall–Kier alpha value is -3.13. The van der Waals surface area contributed by atoms with Crippen molar-refractivity contribution in [2.24, 2.45) is 0 Å². The molecule has 3 atom stereocenters. The van der Waals surface area contributed by atoms with Crippen LogP contribution in [0.4, 0.5) is 14.9 Å². The van der Waals surface area contributed by atoms with Crippen molar-refractivity contribution in [2.45, 2.75) is 31.0 Å². The lowest BCUT2D eigenvalue weighted by atomic mass is 10.0. The second-order valence-electron chi connectivity index (χ2n) is 7.44. The smallest absolute Gasteiger partial charge is 0.319 e. The van der Waals surface area contributed by atoms with Crippen LogP contribution in [-0.2, 0) is 16.0 Å². The van der Waals surface area contributed by atoms with Gasteiger partial charge >= 0.3 is 6.03 Å². The summed E-state index contributed by atoms with van der Waals surface area (Å²) in [5, 5.41) is 8.79. The topological polar surface area (TPSA) is 90.5 Å². The van der Waals surface area contributed by atoms with E-state index in [2.05, 4.69) is 16.0 Å². The summed E-state index contributed by atoms with van der Waals surface area (Å²) in [5.41, 5.74) is 1.34. The highest BCUT2D eigenvalue weighted by Gasteiger charge is 2.46. The highest BCUT2D eigenvalue weighted by molar-refractivity contribution is 6.30. The number of hydrogen-bond acceptors (Lipinski definition) is 3. The maximum absolute atomic E-state index is 13.0. The molecule has 2 heterocycles. The van der Waals surface area contributed by atoms with Crippen LogP contribution in [0.3, 0.4) is 0 Å². The predicted molar refractivity (Wildman–Crippen MR) is 110 cm³/mol. The van der Waals surface area contributed by atoms with Gasteiger partial charge in [0.25, 0.3) is 0 Å². The third kappa shape index (κ3) is 4.38. The van der Waals surface area contributed by atoms with E-state index in [1.807, 2.05) is 12.1 Å². The van der Waals surface area contributed by atoms with Gasteiger partial charge in [0.15, 0.2) is 0 Å². The quantitative estimate of drug-likeness (QED) is 0.695. The number of fused-ring (bicyclic) bond motifs is 1. The lowest BCUT2D eigenvalue weighted by molar-refractivity contribution is -0.147. The Morgan fingerprint density at radius 3 is 2.53 bits per heavy atom. The van der Waals surface area contributed by atoms with E-state index >= 15 is 0 Å². The minimum Gasteiger partial charge on any atom is -0.342 e. The van der Waals surface area contributed by atoms with E-state index in [0.717, 1.165) is 5.56 Å². The number of carbonyl (C=O) groups excluding carboxylic acids is 3. The van der Waals surface area contributed by atoms with Crippen molar-refractivity contribution in [3.05, 3.63) is 64.9 Å². The van der Waals surface area contributed by atoms with Crippen LogP contribution in [-0.4, -0.2) is 47.4 Å². The van der Waals surface area contributed by atoms with Gasteiger partial charge in [0, 0.05) is 23.7 Å². The first-order valence-electron chi connectivity index (χ1n) is 9.57. The molecule has 0 aromatic heterocycles. The second-order valence-corrected chi connectivity index (χ2v) is 7.87. The fourth-order valence-electron chi connectivity index (χ4n) is 3.84. The minimum absolute atomic E-state index is 0.169. The van der Waals surface area contributed by atoms with Crippen molar-refractivity contribution < 1.29 is 18.8 Å². The zero-order chi connectivity index (χ0) is 21.3. The summed E-state index contributed by atoms with van der Waals surface area (Å²) in [6.45, 7) is 0.255. The Bertz CT molecular complexity index is 967. The number of halogens is 2. The largest absolute Gasteiger partial charge is 0.342 e. The molecule has 4 rings (SSSR count). The molecule has 2 aromatic rings. The maximum atomic E-state index is 13.0. The molecule has 9 heteroatoms. The van der Waals surface area contributed by atoms with Gasteiger partial charge in [-0.3, -0.25) is 9.59 Å². The molecule has 0 aliphatic carbocycles. The first kappa shape index (κ1) is 20.2. The van der Waals surface area contributed by atoms with Gasteiger partial charge in [0.2, 0.25) is 11.8 Å². The first-order valence-corrected chi connectivity index (χ1v) is 9.95. The number of nitrogens with zero attached hydrogens (tertiary/aromatic N) is 1. The molecule has 3 N–H and O–H groups in total. The third-order valence-electron chi connectivity index (χ3n) is 5.29. The Balaban J connectivity index is 1.36. The first-order chi connectivity index (χ1) is 14.4. The molecule has 2 fully saturated rings. The molecule has 4 amide bonds. The Kier molecular flexibility index (Phi) is 5.59. The van der Waals surface area contributed by atoms with E-state index < -0.39 is 23.9 Å². The van der Waals surface area contributed by atoms with Gasteiger partial charge in [-0.15, -0.1) is 0 Å². The van der Waals surface area contributed by atoms with E-state index in [-0.39, 0.29) is 24.4 Å². The number of benzene rings is 2. The summed E-state index contributed by atoms with van der Waals surface area (Å²) >= 11 is 5.89. The summed E-state index contributed by atoms with van der Waals surface area (Å²) < 4.78 is 13.0. The van der Waals surface area contributed by atoms with Crippen molar-refractivity contribution in [3.63, 3.8) is 0 Å². The summed E-state index contributed by atoms with van der Waals surface area (Å²) in [6.07, 6.45) is 0.705. The molecule has 2 aliphatic rings. The molecule has 156 valence electrons. The van der Waals surface area contributed by atoms with Crippen LogP contribution >= 0.6 is 11.6 Å². The van der Waals surface area contributed by atoms with Gasteiger partial charge in [-0.2, -0.15) is 0 Å². The van der Waals surface area contributed by atoms with Gasteiger partial charge in [-0.25, -0.2) is 9.18 Å².